The molecule has 0 saturated carbocycles. The highest BCUT2D eigenvalue weighted by Gasteiger charge is 2.28. The minimum atomic E-state index is -3.31. The van der Waals surface area contributed by atoms with Crippen LogP contribution in [0.15, 0.2) is 4.99 Å². The monoisotopic (exact) mass is 420 g/mol. The van der Waals surface area contributed by atoms with Crippen molar-refractivity contribution < 1.29 is 22.7 Å². The van der Waals surface area contributed by atoms with Crippen molar-refractivity contribution in [2.45, 2.75) is 46.6 Å². The molecule has 1 saturated heterocycles. The van der Waals surface area contributed by atoms with E-state index in [1.165, 1.54) is 4.31 Å². The van der Waals surface area contributed by atoms with Crippen LogP contribution >= 0.6 is 0 Å². The van der Waals surface area contributed by atoms with Crippen LogP contribution in [0.5, 0.6) is 0 Å². The molecule has 0 aromatic carbocycles. The fraction of sp³-hybridized carbons (Fsp3) is 0.889. The predicted octanol–water partition coefficient (Wildman–Crippen LogP) is 0.668. The maximum absolute atomic E-state index is 12.4. The lowest BCUT2D eigenvalue weighted by molar-refractivity contribution is -0.143. The minimum Gasteiger partial charge on any atom is -0.466 e. The van der Waals surface area contributed by atoms with Gasteiger partial charge in [-0.2, -0.15) is 4.31 Å². The smallest absolute Gasteiger partial charge is 0.305 e. The summed E-state index contributed by atoms with van der Waals surface area (Å²) in [4.78, 5) is 18.0. The van der Waals surface area contributed by atoms with Crippen molar-refractivity contribution in [3.63, 3.8) is 0 Å². The van der Waals surface area contributed by atoms with Gasteiger partial charge in [0.15, 0.2) is 5.96 Å². The second kappa shape index (κ2) is 12.9. The Morgan fingerprint density at radius 3 is 2.43 bits per heavy atom. The lowest BCUT2D eigenvalue weighted by atomic mass is 10.3. The summed E-state index contributed by atoms with van der Waals surface area (Å²) < 4.78 is 36.7. The summed E-state index contributed by atoms with van der Waals surface area (Å²) >= 11 is 0. The Balaban J connectivity index is 2.50. The normalized spacial score (nSPS) is 16.5. The average Bonchev–Trinajstić information content (AvgIpc) is 2.64. The molecule has 28 heavy (non-hydrogen) atoms. The third kappa shape index (κ3) is 9.20. The van der Waals surface area contributed by atoms with Crippen molar-refractivity contribution in [2.24, 2.45) is 4.99 Å². The largest absolute Gasteiger partial charge is 0.466 e. The molecule has 0 spiro atoms. The van der Waals surface area contributed by atoms with Crippen molar-refractivity contribution in [3.05, 3.63) is 0 Å². The van der Waals surface area contributed by atoms with Crippen LogP contribution in [0.4, 0.5) is 0 Å². The van der Waals surface area contributed by atoms with Crippen molar-refractivity contribution in [3.8, 4) is 0 Å². The van der Waals surface area contributed by atoms with E-state index < -0.39 is 10.0 Å². The van der Waals surface area contributed by atoms with Gasteiger partial charge in [0.25, 0.3) is 0 Å². The highest BCUT2D eigenvalue weighted by molar-refractivity contribution is 7.89. The fourth-order valence-electron chi connectivity index (χ4n) is 2.76. The number of carbonyl (C=O) groups is 1. The Bertz CT molecular complexity index is 587. The van der Waals surface area contributed by atoms with Crippen LogP contribution in [-0.2, 0) is 24.3 Å². The van der Waals surface area contributed by atoms with Crippen LogP contribution in [0.2, 0.25) is 0 Å². The Labute approximate surface area is 169 Å². The molecule has 0 radical (unpaired) electrons. The standard InChI is InChI=1S/C18H36N4O5S/c1-5-19-18(20-9-7-8-17(23)26-6-2)21-10-12-22(13-11-21)28(24,25)15-14-27-16(3)4/h16H,5-15H2,1-4H3,(H,19,20). The third-order valence-corrected chi connectivity index (χ3v) is 6.00. The topological polar surface area (TPSA) is 101 Å². The van der Waals surface area contributed by atoms with E-state index in [-0.39, 0.29) is 24.4 Å². The molecule has 0 aliphatic carbocycles. The first-order chi connectivity index (χ1) is 13.3. The second-order valence-electron chi connectivity index (χ2n) is 6.77. The number of ether oxygens (including phenoxy) is 2. The van der Waals surface area contributed by atoms with Gasteiger partial charge in [0.1, 0.15) is 0 Å². The molecule has 1 aliphatic rings. The van der Waals surface area contributed by atoms with Gasteiger partial charge in [0.05, 0.1) is 25.1 Å². The Morgan fingerprint density at radius 2 is 1.86 bits per heavy atom. The second-order valence-corrected chi connectivity index (χ2v) is 8.85. The van der Waals surface area contributed by atoms with E-state index in [2.05, 4.69) is 15.2 Å². The molecule has 1 rings (SSSR count). The minimum absolute atomic E-state index is 0.00714. The number of nitrogens with zero attached hydrogens (tertiary/aromatic N) is 3. The van der Waals surface area contributed by atoms with Crippen LogP contribution in [0.1, 0.15) is 40.5 Å². The first-order valence-electron chi connectivity index (χ1n) is 10.1. The van der Waals surface area contributed by atoms with Gasteiger partial charge in [-0.05, 0) is 34.1 Å². The number of piperazine rings is 1. The summed E-state index contributed by atoms with van der Waals surface area (Å²) in [7, 11) is -3.31. The number of carbonyl (C=O) groups excluding carboxylic acids is 1. The molecule has 1 fully saturated rings. The van der Waals surface area contributed by atoms with Gasteiger partial charge < -0.3 is 19.7 Å². The quantitative estimate of drug-likeness (QED) is 0.227. The summed E-state index contributed by atoms with van der Waals surface area (Å²) in [6, 6.07) is 0. The van der Waals surface area contributed by atoms with Gasteiger partial charge in [-0.1, -0.05) is 0 Å². The van der Waals surface area contributed by atoms with Gasteiger partial charge >= 0.3 is 5.97 Å². The van der Waals surface area contributed by atoms with Crippen molar-refractivity contribution in [1.82, 2.24) is 14.5 Å². The van der Waals surface area contributed by atoms with Crippen LogP contribution in [0.25, 0.3) is 0 Å². The summed E-state index contributed by atoms with van der Waals surface area (Å²) in [5.41, 5.74) is 0. The molecule has 9 nitrogen and oxygen atoms in total. The highest BCUT2D eigenvalue weighted by atomic mass is 32.2. The van der Waals surface area contributed by atoms with E-state index in [4.69, 9.17) is 9.47 Å². The van der Waals surface area contributed by atoms with Crippen LogP contribution in [0, 0.1) is 0 Å². The van der Waals surface area contributed by atoms with E-state index in [9.17, 15) is 13.2 Å². The van der Waals surface area contributed by atoms with Gasteiger partial charge in [0, 0.05) is 45.7 Å². The Hall–Kier alpha value is -1.39. The molecule has 0 amide bonds. The van der Waals surface area contributed by atoms with Gasteiger partial charge in [-0.3, -0.25) is 9.79 Å². The van der Waals surface area contributed by atoms with E-state index in [0.29, 0.717) is 52.2 Å². The zero-order valence-electron chi connectivity index (χ0n) is 17.6. The first kappa shape index (κ1) is 24.6. The number of esters is 1. The van der Waals surface area contributed by atoms with Crippen molar-refractivity contribution >= 4 is 22.0 Å². The maximum Gasteiger partial charge on any atom is 0.305 e. The molecule has 0 bridgehead atoms. The van der Waals surface area contributed by atoms with Crippen LogP contribution in [0.3, 0.4) is 0 Å². The van der Waals surface area contributed by atoms with E-state index in [1.807, 2.05) is 20.8 Å². The van der Waals surface area contributed by atoms with Gasteiger partial charge in [-0.15, -0.1) is 0 Å². The molecule has 10 heteroatoms. The van der Waals surface area contributed by atoms with Gasteiger partial charge in [-0.25, -0.2) is 8.42 Å². The number of rotatable bonds is 11. The number of guanidine groups is 1. The van der Waals surface area contributed by atoms with Crippen LogP contribution < -0.4 is 5.32 Å². The molecule has 164 valence electrons. The Kier molecular flexibility index (Phi) is 11.4. The van der Waals surface area contributed by atoms with Crippen molar-refractivity contribution in [1.29, 1.82) is 0 Å². The number of nitrogens with one attached hydrogen (secondary N) is 1. The fourth-order valence-corrected chi connectivity index (χ4v) is 4.05. The number of sulfonamides is 1. The first-order valence-corrected chi connectivity index (χ1v) is 11.7. The highest BCUT2D eigenvalue weighted by Crippen LogP contribution is 2.09. The lowest BCUT2D eigenvalue weighted by Gasteiger charge is -2.35. The summed E-state index contributed by atoms with van der Waals surface area (Å²) in [5.74, 6) is 0.558. The predicted molar refractivity (Wildman–Crippen MR) is 110 cm³/mol. The molecule has 0 aromatic rings. The summed E-state index contributed by atoms with van der Waals surface area (Å²) in [6.07, 6.45) is 0.994. The summed E-state index contributed by atoms with van der Waals surface area (Å²) in [6.45, 7) is 11.4. The maximum atomic E-state index is 12.4. The SMILES string of the molecule is CCNC(=NCCCC(=O)OCC)N1CCN(S(=O)(=O)CCOC(C)C)CC1. The summed E-state index contributed by atoms with van der Waals surface area (Å²) in [5, 5.41) is 3.24. The van der Waals surface area contributed by atoms with Crippen LogP contribution in [-0.4, -0.2) is 93.9 Å². The number of aliphatic imine (C=N–C) groups is 1. The Morgan fingerprint density at radius 1 is 1.18 bits per heavy atom. The molecular formula is C18H36N4O5S. The third-order valence-electron chi connectivity index (χ3n) is 4.16. The zero-order chi connectivity index (χ0) is 21.0. The van der Waals surface area contributed by atoms with E-state index in [1.54, 1.807) is 6.92 Å². The molecule has 0 unspecified atom stereocenters. The molecule has 1 N–H and O–H groups in total. The zero-order valence-corrected chi connectivity index (χ0v) is 18.5. The lowest BCUT2D eigenvalue weighted by Crippen LogP contribution is -2.54. The molecule has 1 heterocycles. The molecule has 1 aliphatic heterocycles. The average molecular weight is 421 g/mol. The molecular weight excluding hydrogens is 384 g/mol. The van der Waals surface area contributed by atoms with E-state index >= 15 is 0 Å². The van der Waals surface area contributed by atoms with E-state index in [0.717, 1.165) is 12.5 Å². The molecule has 0 aromatic heterocycles. The van der Waals surface area contributed by atoms with Gasteiger partial charge in [0.2, 0.25) is 10.0 Å². The number of hydrogen-bond donors (Lipinski definition) is 1. The van der Waals surface area contributed by atoms with Crippen molar-refractivity contribution in [2.75, 3.05) is 58.2 Å². The number of hydrogen-bond acceptors (Lipinski definition) is 6. The molecule has 0 atom stereocenters.